The van der Waals surface area contributed by atoms with Crippen LogP contribution in [0.1, 0.15) is 12.5 Å². The molecule has 0 radical (unpaired) electrons. The minimum Gasteiger partial charge on any atom is -0.493 e. The fourth-order valence-corrected chi connectivity index (χ4v) is 1.53. The van der Waals surface area contributed by atoms with E-state index in [1.54, 1.807) is 7.11 Å². The number of rotatable bonds is 8. The maximum absolute atomic E-state index is 5.65. The molecule has 0 aliphatic heterocycles. The SMILES string of the molecule is C=CCc1ccc(OCCNCC)c(OC)c1. The molecule has 1 N–H and O–H groups in total. The number of likely N-dealkylation sites (N-methyl/N-ethyl adjacent to an activating group) is 1. The summed E-state index contributed by atoms with van der Waals surface area (Å²) in [5, 5.41) is 3.21. The lowest BCUT2D eigenvalue weighted by atomic mass is 10.1. The van der Waals surface area contributed by atoms with E-state index in [4.69, 9.17) is 9.47 Å². The average molecular weight is 235 g/mol. The summed E-state index contributed by atoms with van der Waals surface area (Å²) in [6.07, 6.45) is 2.72. The van der Waals surface area contributed by atoms with Crippen LogP contribution in [-0.2, 0) is 6.42 Å². The van der Waals surface area contributed by atoms with E-state index in [2.05, 4.69) is 18.8 Å². The highest BCUT2D eigenvalue weighted by atomic mass is 16.5. The molecule has 3 heteroatoms. The van der Waals surface area contributed by atoms with Crippen molar-refractivity contribution in [2.24, 2.45) is 0 Å². The molecule has 1 aromatic carbocycles. The van der Waals surface area contributed by atoms with E-state index in [1.165, 1.54) is 5.56 Å². The summed E-state index contributed by atoms with van der Waals surface area (Å²) in [6.45, 7) is 8.24. The van der Waals surface area contributed by atoms with Gasteiger partial charge in [-0.2, -0.15) is 0 Å². The summed E-state index contributed by atoms with van der Waals surface area (Å²) in [6, 6.07) is 5.97. The van der Waals surface area contributed by atoms with E-state index < -0.39 is 0 Å². The van der Waals surface area contributed by atoms with Crippen molar-refractivity contribution in [1.82, 2.24) is 5.32 Å². The third-order valence-corrected chi connectivity index (χ3v) is 2.39. The van der Waals surface area contributed by atoms with Gasteiger partial charge in [-0.3, -0.25) is 0 Å². The molecule has 0 heterocycles. The molecule has 1 aromatic rings. The van der Waals surface area contributed by atoms with Crippen LogP contribution in [0.4, 0.5) is 0 Å². The van der Waals surface area contributed by atoms with Crippen LogP contribution < -0.4 is 14.8 Å². The van der Waals surface area contributed by atoms with Crippen molar-refractivity contribution in [3.63, 3.8) is 0 Å². The van der Waals surface area contributed by atoms with Crippen LogP contribution >= 0.6 is 0 Å². The second-order valence-corrected chi connectivity index (χ2v) is 3.68. The van der Waals surface area contributed by atoms with Gasteiger partial charge in [0.05, 0.1) is 7.11 Å². The normalized spacial score (nSPS) is 10.0. The van der Waals surface area contributed by atoms with Crippen molar-refractivity contribution in [2.75, 3.05) is 26.8 Å². The smallest absolute Gasteiger partial charge is 0.161 e. The second-order valence-electron chi connectivity index (χ2n) is 3.68. The number of hydrogen-bond donors (Lipinski definition) is 1. The minimum atomic E-state index is 0.644. The Morgan fingerprint density at radius 2 is 2.18 bits per heavy atom. The first-order chi connectivity index (χ1) is 8.31. The van der Waals surface area contributed by atoms with Crippen LogP contribution in [0.15, 0.2) is 30.9 Å². The Kier molecular flexibility index (Phi) is 6.18. The summed E-state index contributed by atoms with van der Waals surface area (Å²) < 4.78 is 11.0. The van der Waals surface area contributed by atoms with Gasteiger partial charge in [0.1, 0.15) is 6.61 Å². The third-order valence-electron chi connectivity index (χ3n) is 2.39. The molecule has 0 fully saturated rings. The fraction of sp³-hybridized carbons (Fsp3) is 0.429. The summed E-state index contributed by atoms with van der Waals surface area (Å²) in [7, 11) is 1.66. The fourth-order valence-electron chi connectivity index (χ4n) is 1.53. The lowest BCUT2D eigenvalue weighted by Gasteiger charge is -2.11. The predicted molar refractivity (Wildman–Crippen MR) is 70.9 cm³/mol. The molecule has 0 saturated carbocycles. The van der Waals surface area contributed by atoms with Crippen molar-refractivity contribution in [3.8, 4) is 11.5 Å². The van der Waals surface area contributed by atoms with Crippen LogP contribution in [0, 0.1) is 0 Å². The van der Waals surface area contributed by atoms with Crippen LogP contribution in [0.25, 0.3) is 0 Å². The Balaban J connectivity index is 2.61. The lowest BCUT2D eigenvalue weighted by molar-refractivity contribution is 0.293. The Bertz CT molecular complexity index is 350. The molecule has 0 aliphatic rings. The van der Waals surface area contributed by atoms with Crippen LogP contribution in [0.2, 0.25) is 0 Å². The molecular formula is C14H21NO2. The maximum Gasteiger partial charge on any atom is 0.161 e. The first-order valence-electron chi connectivity index (χ1n) is 5.93. The van der Waals surface area contributed by atoms with Gasteiger partial charge in [-0.1, -0.05) is 19.1 Å². The highest BCUT2D eigenvalue weighted by molar-refractivity contribution is 5.43. The van der Waals surface area contributed by atoms with Gasteiger partial charge in [-0.05, 0) is 30.7 Å². The number of allylic oxidation sites excluding steroid dienone is 1. The van der Waals surface area contributed by atoms with E-state index in [-0.39, 0.29) is 0 Å². The highest BCUT2D eigenvalue weighted by Gasteiger charge is 2.04. The van der Waals surface area contributed by atoms with Gasteiger partial charge in [0.2, 0.25) is 0 Å². The Labute approximate surface area is 103 Å². The van der Waals surface area contributed by atoms with E-state index in [0.717, 1.165) is 31.0 Å². The molecular weight excluding hydrogens is 214 g/mol. The molecule has 0 aliphatic carbocycles. The van der Waals surface area contributed by atoms with Gasteiger partial charge in [0, 0.05) is 6.54 Å². The molecule has 0 saturated heterocycles. The Hall–Kier alpha value is -1.48. The predicted octanol–water partition coefficient (Wildman–Crippen LogP) is 2.41. The van der Waals surface area contributed by atoms with E-state index >= 15 is 0 Å². The number of benzene rings is 1. The quantitative estimate of drug-likeness (QED) is 0.554. The largest absolute Gasteiger partial charge is 0.493 e. The molecule has 0 spiro atoms. The van der Waals surface area contributed by atoms with Gasteiger partial charge in [0.15, 0.2) is 11.5 Å². The molecule has 3 nitrogen and oxygen atoms in total. The lowest BCUT2D eigenvalue weighted by Crippen LogP contribution is -2.20. The molecule has 0 amide bonds. The number of hydrogen-bond acceptors (Lipinski definition) is 3. The van der Waals surface area contributed by atoms with Crippen molar-refractivity contribution in [3.05, 3.63) is 36.4 Å². The van der Waals surface area contributed by atoms with Crippen LogP contribution in [0.5, 0.6) is 11.5 Å². The zero-order valence-electron chi connectivity index (χ0n) is 10.7. The maximum atomic E-state index is 5.65. The molecule has 0 atom stereocenters. The monoisotopic (exact) mass is 235 g/mol. The Morgan fingerprint density at radius 1 is 1.35 bits per heavy atom. The first-order valence-corrected chi connectivity index (χ1v) is 5.93. The number of methoxy groups -OCH3 is 1. The Morgan fingerprint density at radius 3 is 2.82 bits per heavy atom. The van der Waals surface area contributed by atoms with E-state index in [0.29, 0.717) is 6.61 Å². The van der Waals surface area contributed by atoms with Crippen molar-refractivity contribution in [1.29, 1.82) is 0 Å². The van der Waals surface area contributed by atoms with E-state index in [1.807, 2.05) is 24.3 Å². The average Bonchev–Trinajstić information content (AvgIpc) is 2.36. The van der Waals surface area contributed by atoms with Gasteiger partial charge in [0.25, 0.3) is 0 Å². The minimum absolute atomic E-state index is 0.644. The summed E-state index contributed by atoms with van der Waals surface area (Å²) in [4.78, 5) is 0. The molecule has 0 bridgehead atoms. The molecule has 0 unspecified atom stereocenters. The second kappa shape index (κ2) is 7.74. The zero-order valence-corrected chi connectivity index (χ0v) is 10.7. The summed E-state index contributed by atoms with van der Waals surface area (Å²) >= 11 is 0. The number of nitrogens with one attached hydrogen (secondary N) is 1. The van der Waals surface area contributed by atoms with Crippen LogP contribution in [0.3, 0.4) is 0 Å². The third kappa shape index (κ3) is 4.49. The van der Waals surface area contributed by atoms with Gasteiger partial charge in [-0.25, -0.2) is 0 Å². The van der Waals surface area contributed by atoms with Crippen molar-refractivity contribution >= 4 is 0 Å². The van der Waals surface area contributed by atoms with Gasteiger partial charge in [-0.15, -0.1) is 6.58 Å². The standard InChI is InChI=1S/C14H21NO2/c1-4-6-12-7-8-13(14(11-12)16-3)17-10-9-15-5-2/h4,7-8,11,15H,1,5-6,9-10H2,2-3H3. The molecule has 94 valence electrons. The van der Waals surface area contributed by atoms with Gasteiger partial charge < -0.3 is 14.8 Å². The van der Waals surface area contributed by atoms with E-state index in [9.17, 15) is 0 Å². The first kappa shape index (κ1) is 13.6. The van der Waals surface area contributed by atoms with Crippen molar-refractivity contribution in [2.45, 2.75) is 13.3 Å². The van der Waals surface area contributed by atoms with Gasteiger partial charge >= 0.3 is 0 Å². The van der Waals surface area contributed by atoms with Crippen molar-refractivity contribution < 1.29 is 9.47 Å². The summed E-state index contributed by atoms with van der Waals surface area (Å²) in [5.74, 6) is 1.57. The molecule has 17 heavy (non-hydrogen) atoms. The van der Waals surface area contributed by atoms with Crippen LogP contribution in [-0.4, -0.2) is 26.8 Å². The summed E-state index contributed by atoms with van der Waals surface area (Å²) in [5.41, 5.74) is 1.18. The molecule has 1 rings (SSSR count). The highest BCUT2D eigenvalue weighted by Crippen LogP contribution is 2.28. The zero-order chi connectivity index (χ0) is 12.5. The molecule has 0 aromatic heterocycles. The topological polar surface area (TPSA) is 30.5 Å². The number of ether oxygens (including phenoxy) is 2.